The van der Waals surface area contributed by atoms with Crippen LogP contribution in [0.4, 0.5) is 0 Å². The van der Waals surface area contributed by atoms with Crippen LogP contribution in [0.15, 0.2) is 0 Å². The largest absolute Gasteiger partial charge is 0.458 e. The van der Waals surface area contributed by atoms with Crippen LogP contribution in [0.3, 0.4) is 0 Å². The van der Waals surface area contributed by atoms with E-state index in [1.165, 1.54) is 0 Å². The molecule has 0 aromatic carbocycles. The first-order valence-electron chi connectivity index (χ1n) is 19.5. The predicted octanol–water partition coefficient (Wildman–Crippen LogP) is 3.32. The van der Waals surface area contributed by atoms with Gasteiger partial charge < -0.3 is 54.5 Å². The number of aliphatic hydroxyl groups is 4. The first-order valence-corrected chi connectivity index (χ1v) is 20.1. The Balaban J connectivity index is 0.00000139. The van der Waals surface area contributed by atoms with Crippen molar-refractivity contribution in [3.63, 3.8) is 0 Å². The molecular weight excluding hydrogens is 722 g/mol. The van der Waals surface area contributed by atoms with E-state index in [1.807, 2.05) is 60.5 Å². The summed E-state index contributed by atoms with van der Waals surface area (Å²) in [6.07, 6.45) is -0.660. The molecule has 4 fully saturated rings. The number of thiol groups is 1. The summed E-state index contributed by atoms with van der Waals surface area (Å²) in [5, 5.41) is 36.2. The number of rotatable bonds is 4. The minimum atomic E-state index is -1.15. The van der Waals surface area contributed by atoms with E-state index in [2.05, 4.69) is 19.6 Å². The Hall–Kier alpha value is -1.40. The molecule has 0 aromatic rings. The van der Waals surface area contributed by atoms with Gasteiger partial charge >= 0.3 is 11.9 Å². The van der Waals surface area contributed by atoms with E-state index in [9.17, 15) is 29.7 Å². The topological polar surface area (TPSA) is 213 Å². The molecule has 6 N–H and O–H groups in total. The highest BCUT2D eigenvalue weighted by Gasteiger charge is 2.52. The summed E-state index contributed by atoms with van der Waals surface area (Å²) in [5.41, 5.74) is -1.15. The van der Waals surface area contributed by atoms with E-state index in [0.717, 1.165) is 26.4 Å². The molecule has 4 aliphatic rings. The molecular formula is C39H75NO13S. The van der Waals surface area contributed by atoms with Crippen LogP contribution in [0.5, 0.6) is 0 Å². The van der Waals surface area contributed by atoms with Crippen molar-refractivity contribution in [3.8, 4) is 0 Å². The molecule has 14 nitrogen and oxygen atoms in total. The molecule has 0 bridgehead atoms. The number of hydrogen-bond donors (Lipinski definition) is 5. The zero-order valence-electron chi connectivity index (χ0n) is 35.1. The van der Waals surface area contributed by atoms with Crippen molar-refractivity contribution < 1.29 is 64.0 Å². The van der Waals surface area contributed by atoms with Crippen molar-refractivity contribution >= 4 is 30.4 Å². The average Bonchev–Trinajstić information content (AvgIpc) is 3.39. The van der Waals surface area contributed by atoms with Crippen LogP contribution in [0.1, 0.15) is 114 Å². The first kappa shape index (κ1) is 52.6. The van der Waals surface area contributed by atoms with Crippen LogP contribution < -0.4 is 0 Å². The lowest BCUT2D eigenvalue weighted by Crippen LogP contribution is -2.53. The van der Waals surface area contributed by atoms with Gasteiger partial charge in [-0.15, -0.1) is 0 Å². The zero-order valence-corrected chi connectivity index (χ0v) is 36.0. The molecule has 54 heavy (non-hydrogen) atoms. The number of hydrogen-bond acceptors (Lipinski definition) is 14. The Morgan fingerprint density at radius 3 is 2.00 bits per heavy atom. The number of likely N-dealkylation sites (N-methyl/N-ethyl adjacent to an activating group) is 1. The lowest BCUT2D eigenvalue weighted by molar-refractivity contribution is -0.240. The Kier molecular flexibility index (Phi) is 23.8. The van der Waals surface area contributed by atoms with Crippen LogP contribution >= 0.6 is 12.6 Å². The molecule has 10 unspecified atom stereocenters. The Labute approximate surface area is 329 Å². The number of nitrogens with zero attached hydrogens (tertiary/aromatic N) is 1. The van der Waals surface area contributed by atoms with Crippen LogP contribution in [0.2, 0.25) is 0 Å². The fourth-order valence-electron chi connectivity index (χ4n) is 7.95. The van der Waals surface area contributed by atoms with Crippen molar-refractivity contribution in [3.05, 3.63) is 0 Å². The fourth-order valence-corrected chi connectivity index (χ4v) is 8.44. The second-order valence-electron chi connectivity index (χ2n) is 15.7. The minimum Gasteiger partial charge on any atom is -0.458 e. The normalized spacial score (nSPS) is 41.8. The summed E-state index contributed by atoms with van der Waals surface area (Å²) >= 11 is 4.46. The third kappa shape index (κ3) is 14.8. The van der Waals surface area contributed by atoms with Crippen LogP contribution in [-0.2, 0) is 38.1 Å². The number of ether oxygens (including phenoxy) is 5. The Morgan fingerprint density at radius 2 is 1.46 bits per heavy atom. The smallest absolute Gasteiger partial charge is 0.319 e. The molecule has 4 rings (SSSR count). The van der Waals surface area contributed by atoms with Crippen molar-refractivity contribution in [1.82, 2.24) is 4.90 Å². The third-order valence-electron chi connectivity index (χ3n) is 10.8. The minimum absolute atomic E-state index is 0. The van der Waals surface area contributed by atoms with E-state index >= 15 is 0 Å². The van der Waals surface area contributed by atoms with Gasteiger partial charge in [0.05, 0.1) is 29.8 Å². The number of cyclic esters (lactones) is 1. The molecule has 0 aliphatic carbocycles. The number of fused-ring (bicyclic) bond motifs is 1. The van der Waals surface area contributed by atoms with Crippen LogP contribution in [0.25, 0.3) is 0 Å². The zero-order chi connectivity index (χ0) is 41.0. The van der Waals surface area contributed by atoms with Gasteiger partial charge in [-0.05, 0) is 85.7 Å². The second kappa shape index (κ2) is 24.4. The summed E-state index contributed by atoms with van der Waals surface area (Å²) in [4.78, 5) is 41.1. The maximum absolute atomic E-state index is 13.5. The van der Waals surface area contributed by atoms with E-state index in [1.54, 1.807) is 20.8 Å². The summed E-state index contributed by atoms with van der Waals surface area (Å²) < 4.78 is 29.2. The van der Waals surface area contributed by atoms with E-state index in [4.69, 9.17) is 28.8 Å². The van der Waals surface area contributed by atoms with Gasteiger partial charge in [0.1, 0.15) is 29.3 Å². The average molecular weight is 798 g/mol. The quantitative estimate of drug-likeness (QED) is 0.204. The van der Waals surface area contributed by atoms with Crippen molar-refractivity contribution in [1.29, 1.82) is 0 Å². The molecule has 15 heteroatoms. The molecule has 0 amide bonds. The van der Waals surface area contributed by atoms with Gasteiger partial charge in [-0.3, -0.25) is 14.4 Å². The molecule has 4 aliphatic heterocycles. The van der Waals surface area contributed by atoms with E-state index in [-0.39, 0.29) is 48.3 Å². The molecule has 0 aromatic heterocycles. The lowest BCUT2D eigenvalue weighted by Gasteiger charge is -2.39. The number of aliphatic hydroxyl groups excluding tert-OH is 3. The summed E-state index contributed by atoms with van der Waals surface area (Å²) in [6, 6.07) is -0.0104. The fraction of sp³-hybridized carbons (Fsp3) is 0.923. The summed E-state index contributed by atoms with van der Waals surface area (Å²) in [5.74, 6) is -2.56. The molecule has 4 heterocycles. The number of ketones is 1. The van der Waals surface area contributed by atoms with Gasteiger partial charge in [0.2, 0.25) is 0 Å². The molecule has 0 radical (unpaired) electrons. The van der Waals surface area contributed by atoms with Gasteiger partial charge in [0.15, 0.2) is 12.6 Å². The van der Waals surface area contributed by atoms with Crippen molar-refractivity contribution in [2.24, 2.45) is 29.6 Å². The second-order valence-corrected chi connectivity index (χ2v) is 16.2. The summed E-state index contributed by atoms with van der Waals surface area (Å²) in [7, 11) is 4.78. The van der Waals surface area contributed by atoms with Crippen LogP contribution in [-0.4, -0.2) is 136 Å². The van der Waals surface area contributed by atoms with Crippen molar-refractivity contribution in [2.75, 3.05) is 21.2 Å². The number of Topliss-reactive ketones (excluding diaryl/α,β-unsaturated/α-hetero) is 1. The van der Waals surface area contributed by atoms with Gasteiger partial charge in [-0.25, -0.2) is 0 Å². The molecule has 4 saturated heterocycles. The molecule has 16 atom stereocenters. The van der Waals surface area contributed by atoms with Gasteiger partial charge in [0, 0.05) is 37.8 Å². The van der Waals surface area contributed by atoms with Gasteiger partial charge in [-0.2, -0.15) is 12.6 Å². The number of esters is 2. The molecule has 320 valence electrons. The standard InChI is InChI=1S/C28H46O8S.C8H17NO3.C2H6.CH4O.H2O/c1-8-20-24-22(25(37)27(31)36-24)17(5)19(29)9-10-28(7,32)13-15(3)23(18(6)26(30)34-20)35-21-12-14(2)11-16(4)33-21;1-5-4-6(9(2)3)7(10)8(11)12-5;2*1-2;/h14-18,20-25,32,37H,8-13H2,1-7H3;5-8,10-11H,4H2,1-3H3;1-2H3;2H,1H3;1H2/t14?,15-,16?,17?,18?,20-,21+,22?,23+,24?,25?,28-;5?,6?,7-,8?;;;/m11.../s1. The molecule has 0 saturated carbocycles. The monoisotopic (exact) mass is 797 g/mol. The highest BCUT2D eigenvalue weighted by Crippen LogP contribution is 2.39. The highest BCUT2D eigenvalue weighted by molar-refractivity contribution is 7.81. The first-order chi connectivity index (χ1) is 24.8. The van der Waals surface area contributed by atoms with Gasteiger partial charge in [0.25, 0.3) is 0 Å². The maximum Gasteiger partial charge on any atom is 0.319 e. The maximum atomic E-state index is 13.5. The number of carbonyl (C=O) groups is 3. The molecule has 0 spiro atoms. The summed E-state index contributed by atoms with van der Waals surface area (Å²) in [6.45, 7) is 19.1. The lowest BCUT2D eigenvalue weighted by atomic mass is 9.78. The van der Waals surface area contributed by atoms with Crippen molar-refractivity contribution in [2.45, 2.75) is 180 Å². The van der Waals surface area contributed by atoms with Gasteiger partial charge in [-0.1, -0.05) is 41.5 Å². The Morgan fingerprint density at radius 1 is 0.889 bits per heavy atom. The highest BCUT2D eigenvalue weighted by atomic mass is 32.1. The predicted molar refractivity (Wildman–Crippen MR) is 209 cm³/mol. The Bertz CT molecular complexity index is 1100. The van der Waals surface area contributed by atoms with E-state index < -0.39 is 77.5 Å². The SMILES string of the molecule is CC.CC1CC(N(C)C)[C@@H](O)C(O)O1.CC[C@H]1OC(=O)C(C)[C@@H](O[C@H]2CC(C)CC(C)O2)[C@H](C)C[C@](C)(O)CCC(=O)C(C)C2C(S)C(=O)OC21.CO.O. The third-order valence-corrected chi connectivity index (χ3v) is 11.3. The number of carbonyl (C=O) groups excluding carboxylic acids is 3. The van der Waals surface area contributed by atoms with E-state index in [0.29, 0.717) is 18.8 Å². The van der Waals surface area contributed by atoms with Crippen LogP contribution in [0, 0.1) is 29.6 Å².